The van der Waals surface area contributed by atoms with Gasteiger partial charge in [0.2, 0.25) is 0 Å². The van der Waals surface area contributed by atoms with Gasteiger partial charge in [-0.05, 0) is 26.2 Å². The molecule has 0 amide bonds. The van der Waals surface area contributed by atoms with E-state index in [0.717, 1.165) is 19.0 Å². The van der Waals surface area contributed by atoms with Crippen molar-refractivity contribution in [2.75, 3.05) is 6.54 Å². The second-order valence-corrected chi connectivity index (χ2v) is 4.38. The van der Waals surface area contributed by atoms with Gasteiger partial charge in [-0.15, -0.1) is 0 Å². The van der Waals surface area contributed by atoms with Gasteiger partial charge in [0, 0.05) is 25.0 Å². The van der Waals surface area contributed by atoms with Crippen molar-refractivity contribution in [2.45, 2.75) is 58.0 Å². The summed E-state index contributed by atoms with van der Waals surface area (Å²) in [7, 11) is 0. The van der Waals surface area contributed by atoms with Gasteiger partial charge >= 0.3 is 0 Å². The van der Waals surface area contributed by atoms with E-state index in [1.807, 2.05) is 0 Å². The highest BCUT2D eigenvalue weighted by atomic mass is 15.2. The summed E-state index contributed by atoms with van der Waals surface area (Å²) < 4.78 is 0. The molecule has 0 heterocycles. The van der Waals surface area contributed by atoms with E-state index >= 15 is 0 Å². The van der Waals surface area contributed by atoms with Crippen LogP contribution in [0.25, 0.3) is 0 Å². The Labute approximate surface area is 87.2 Å². The third-order valence-corrected chi connectivity index (χ3v) is 2.93. The first kappa shape index (κ1) is 11.5. The number of nitrogens with zero attached hydrogens (tertiary/aromatic N) is 1. The lowest BCUT2D eigenvalue weighted by Crippen LogP contribution is -2.37. The molecule has 1 saturated carbocycles. The van der Waals surface area contributed by atoms with Crippen LogP contribution >= 0.6 is 0 Å². The Morgan fingerprint density at radius 3 is 2.64 bits per heavy atom. The number of hydrogen-bond donors (Lipinski definition) is 2. The maximum Gasteiger partial charge on any atom is 0.0918 e. The summed E-state index contributed by atoms with van der Waals surface area (Å²) in [4.78, 5) is 2.53. The zero-order valence-corrected chi connectivity index (χ0v) is 9.42. The highest BCUT2D eigenvalue weighted by Gasteiger charge is 2.31. The molecule has 0 aromatic heterocycles. The van der Waals surface area contributed by atoms with E-state index in [1.165, 1.54) is 25.7 Å². The standard InChI is InChI=1S/C11H23N3/c1-3-4-9(2)14(10-5-6-10)8-7-11(12)13/h9-10H,3-8H2,1-2H3,(H3,12,13). The van der Waals surface area contributed by atoms with Gasteiger partial charge < -0.3 is 5.73 Å². The first-order valence-electron chi connectivity index (χ1n) is 5.73. The third kappa shape index (κ3) is 3.66. The average Bonchev–Trinajstić information content (AvgIpc) is 2.88. The maximum absolute atomic E-state index is 7.24. The van der Waals surface area contributed by atoms with Gasteiger partial charge in [0.15, 0.2) is 0 Å². The molecule has 1 rings (SSSR count). The summed E-state index contributed by atoms with van der Waals surface area (Å²) in [6.07, 6.45) is 5.90. The van der Waals surface area contributed by atoms with Crippen molar-refractivity contribution >= 4 is 5.84 Å². The number of nitrogens with one attached hydrogen (secondary N) is 1. The molecule has 0 aromatic carbocycles. The molecular weight excluding hydrogens is 174 g/mol. The van der Waals surface area contributed by atoms with Crippen LogP contribution in [-0.4, -0.2) is 29.4 Å². The van der Waals surface area contributed by atoms with E-state index in [-0.39, 0.29) is 0 Å². The van der Waals surface area contributed by atoms with Crippen molar-refractivity contribution < 1.29 is 0 Å². The summed E-state index contributed by atoms with van der Waals surface area (Å²) in [5, 5.41) is 7.24. The van der Waals surface area contributed by atoms with Gasteiger partial charge in [0.25, 0.3) is 0 Å². The molecule has 3 nitrogen and oxygen atoms in total. The zero-order chi connectivity index (χ0) is 10.6. The van der Waals surface area contributed by atoms with Gasteiger partial charge in [-0.25, -0.2) is 0 Å². The van der Waals surface area contributed by atoms with Crippen molar-refractivity contribution in [3.05, 3.63) is 0 Å². The topological polar surface area (TPSA) is 53.1 Å². The van der Waals surface area contributed by atoms with Crippen LogP contribution < -0.4 is 5.73 Å². The van der Waals surface area contributed by atoms with Gasteiger partial charge in [-0.3, -0.25) is 10.3 Å². The van der Waals surface area contributed by atoms with Gasteiger partial charge in [0.05, 0.1) is 5.84 Å². The number of nitrogens with two attached hydrogens (primary N) is 1. The Kier molecular flexibility index (Phi) is 4.39. The van der Waals surface area contributed by atoms with Crippen molar-refractivity contribution in [3.8, 4) is 0 Å². The normalized spacial score (nSPS) is 18.5. The Balaban J connectivity index is 2.33. The van der Waals surface area contributed by atoms with Crippen LogP contribution in [0.15, 0.2) is 0 Å². The van der Waals surface area contributed by atoms with Crippen molar-refractivity contribution in [3.63, 3.8) is 0 Å². The summed E-state index contributed by atoms with van der Waals surface area (Å²) in [5.74, 6) is 0.319. The second-order valence-electron chi connectivity index (χ2n) is 4.38. The number of rotatable bonds is 7. The molecule has 82 valence electrons. The fraction of sp³-hybridized carbons (Fsp3) is 0.909. The fourth-order valence-corrected chi connectivity index (χ4v) is 2.00. The molecule has 1 unspecified atom stereocenters. The fourth-order valence-electron chi connectivity index (χ4n) is 2.00. The molecule has 0 aromatic rings. The summed E-state index contributed by atoms with van der Waals surface area (Å²) in [6.45, 7) is 5.50. The lowest BCUT2D eigenvalue weighted by atomic mass is 10.1. The lowest BCUT2D eigenvalue weighted by Gasteiger charge is -2.28. The van der Waals surface area contributed by atoms with Crippen LogP contribution in [0.4, 0.5) is 0 Å². The predicted molar refractivity (Wildman–Crippen MR) is 60.6 cm³/mol. The quantitative estimate of drug-likeness (QED) is 0.484. The van der Waals surface area contributed by atoms with Crippen molar-refractivity contribution in [2.24, 2.45) is 5.73 Å². The predicted octanol–water partition coefficient (Wildman–Crippen LogP) is 1.97. The molecule has 0 aliphatic heterocycles. The van der Waals surface area contributed by atoms with Crippen molar-refractivity contribution in [1.29, 1.82) is 5.41 Å². The number of amidine groups is 1. The molecule has 1 fully saturated rings. The molecule has 0 saturated heterocycles. The van der Waals surface area contributed by atoms with E-state index in [9.17, 15) is 0 Å². The van der Waals surface area contributed by atoms with Crippen LogP contribution in [0.2, 0.25) is 0 Å². The molecule has 0 radical (unpaired) electrons. The monoisotopic (exact) mass is 197 g/mol. The Morgan fingerprint density at radius 2 is 2.21 bits per heavy atom. The minimum Gasteiger partial charge on any atom is -0.388 e. The molecule has 1 aliphatic carbocycles. The first-order valence-corrected chi connectivity index (χ1v) is 5.73. The maximum atomic E-state index is 7.24. The lowest BCUT2D eigenvalue weighted by molar-refractivity contribution is 0.194. The van der Waals surface area contributed by atoms with Gasteiger partial charge in [-0.2, -0.15) is 0 Å². The van der Waals surface area contributed by atoms with Crippen LogP contribution in [0.3, 0.4) is 0 Å². The smallest absolute Gasteiger partial charge is 0.0918 e. The van der Waals surface area contributed by atoms with Crippen molar-refractivity contribution in [1.82, 2.24) is 4.90 Å². The summed E-state index contributed by atoms with van der Waals surface area (Å²) in [5.41, 5.74) is 5.39. The van der Waals surface area contributed by atoms with E-state index in [0.29, 0.717) is 11.9 Å². The third-order valence-electron chi connectivity index (χ3n) is 2.93. The summed E-state index contributed by atoms with van der Waals surface area (Å²) >= 11 is 0. The van der Waals surface area contributed by atoms with Crippen LogP contribution in [0, 0.1) is 5.41 Å². The van der Waals surface area contributed by atoms with Gasteiger partial charge in [-0.1, -0.05) is 13.3 Å². The zero-order valence-electron chi connectivity index (χ0n) is 9.42. The van der Waals surface area contributed by atoms with E-state index in [4.69, 9.17) is 11.1 Å². The van der Waals surface area contributed by atoms with Gasteiger partial charge in [0.1, 0.15) is 0 Å². The van der Waals surface area contributed by atoms with E-state index in [2.05, 4.69) is 18.7 Å². The Bertz CT molecular complexity index is 187. The first-order chi connectivity index (χ1) is 6.65. The van der Waals surface area contributed by atoms with Crippen LogP contribution in [0.1, 0.15) is 46.0 Å². The molecule has 14 heavy (non-hydrogen) atoms. The molecular formula is C11H23N3. The highest BCUT2D eigenvalue weighted by molar-refractivity contribution is 5.76. The molecule has 0 bridgehead atoms. The minimum atomic E-state index is 0.319. The largest absolute Gasteiger partial charge is 0.388 e. The summed E-state index contributed by atoms with van der Waals surface area (Å²) in [6, 6.07) is 1.45. The number of hydrogen-bond acceptors (Lipinski definition) is 2. The average molecular weight is 197 g/mol. The van der Waals surface area contributed by atoms with E-state index in [1.54, 1.807) is 0 Å². The Hall–Kier alpha value is -0.570. The molecule has 3 N–H and O–H groups in total. The van der Waals surface area contributed by atoms with E-state index < -0.39 is 0 Å². The molecule has 3 heteroatoms. The minimum absolute atomic E-state index is 0.319. The molecule has 1 aliphatic rings. The second kappa shape index (κ2) is 5.35. The van der Waals surface area contributed by atoms with Crippen LogP contribution in [-0.2, 0) is 0 Å². The molecule has 1 atom stereocenters. The van der Waals surface area contributed by atoms with Crippen LogP contribution in [0.5, 0.6) is 0 Å². The highest BCUT2D eigenvalue weighted by Crippen LogP contribution is 2.29. The Morgan fingerprint density at radius 1 is 1.57 bits per heavy atom. The SMILES string of the molecule is CCCC(C)N(CCC(=N)N)C1CC1. The molecule has 0 spiro atoms.